The fraction of sp³-hybridized carbons (Fsp3) is 0.640. The predicted molar refractivity (Wildman–Crippen MR) is 126 cm³/mol. The molecule has 0 atom stereocenters. The lowest BCUT2D eigenvalue weighted by Gasteiger charge is -2.29. The topological polar surface area (TPSA) is 64.2 Å². The van der Waals surface area contributed by atoms with Gasteiger partial charge in [-0.2, -0.15) is 0 Å². The summed E-state index contributed by atoms with van der Waals surface area (Å²) < 4.78 is 0. The Morgan fingerprint density at radius 3 is 2.47 bits per heavy atom. The van der Waals surface area contributed by atoms with Crippen LogP contribution in [0.4, 0.5) is 5.69 Å². The number of hydrogen-bond acceptors (Lipinski definition) is 4. The van der Waals surface area contributed by atoms with Gasteiger partial charge in [-0.3, -0.25) is 14.4 Å². The normalized spacial score (nSPS) is 18.6. The van der Waals surface area contributed by atoms with E-state index in [1.807, 2.05) is 34.1 Å². The smallest absolute Gasteiger partial charge is 0.224 e. The third-order valence-corrected chi connectivity index (χ3v) is 6.31. The zero-order valence-electron chi connectivity index (χ0n) is 19.9. The van der Waals surface area contributed by atoms with E-state index in [0.717, 1.165) is 50.3 Å². The first kappa shape index (κ1) is 24.2. The Balaban J connectivity index is 1.81. The number of amides is 3. The zero-order chi connectivity index (χ0) is 23.1. The van der Waals surface area contributed by atoms with Crippen molar-refractivity contribution in [3.63, 3.8) is 0 Å². The molecule has 176 valence electrons. The molecule has 0 aromatic heterocycles. The highest BCUT2D eigenvalue weighted by Crippen LogP contribution is 2.24. The van der Waals surface area contributed by atoms with Crippen molar-refractivity contribution in [2.75, 3.05) is 50.7 Å². The lowest BCUT2D eigenvalue weighted by atomic mass is 10.1. The highest BCUT2D eigenvalue weighted by atomic mass is 16.2. The van der Waals surface area contributed by atoms with Crippen LogP contribution in [0.1, 0.15) is 52.0 Å². The summed E-state index contributed by atoms with van der Waals surface area (Å²) in [5.41, 5.74) is 1.88. The number of likely N-dealkylation sites (tertiary alicyclic amines) is 1. The Bertz CT molecular complexity index is 810. The van der Waals surface area contributed by atoms with Crippen LogP contribution in [0.5, 0.6) is 0 Å². The van der Waals surface area contributed by atoms with Gasteiger partial charge in [-0.15, -0.1) is 0 Å². The molecule has 2 heterocycles. The molecule has 32 heavy (non-hydrogen) atoms. The third kappa shape index (κ3) is 6.55. The van der Waals surface area contributed by atoms with Crippen LogP contribution in [-0.4, -0.2) is 78.2 Å². The maximum absolute atomic E-state index is 13.3. The van der Waals surface area contributed by atoms with Crippen molar-refractivity contribution in [2.24, 2.45) is 5.92 Å². The van der Waals surface area contributed by atoms with E-state index in [4.69, 9.17) is 0 Å². The number of carbonyl (C=O) groups excluding carboxylic acids is 3. The van der Waals surface area contributed by atoms with Gasteiger partial charge in [-0.1, -0.05) is 32.0 Å². The van der Waals surface area contributed by atoms with Crippen molar-refractivity contribution in [3.05, 3.63) is 29.8 Å². The van der Waals surface area contributed by atoms with Crippen molar-refractivity contribution in [1.82, 2.24) is 14.7 Å². The third-order valence-electron chi connectivity index (χ3n) is 6.31. The molecule has 1 saturated heterocycles. The van der Waals surface area contributed by atoms with Crippen molar-refractivity contribution in [1.29, 1.82) is 0 Å². The fourth-order valence-corrected chi connectivity index (χ4v) is 4.71. The minimum atomic E-state index is 0.0255. The summed E-state index contributed by atoms with van der Waals surface area (Å²) in [5, 5.41) is 0. The van der Waals surface area contributed by atoms with Crippen molar-refractivity contribution < 1.29 is 14.4 Å². The Hall–Kier alpha value is -2.41. The highest BCUT2D eigenvalue weighted by Gasteiger charge is 2.25. The van der Waals surface area contributed by atoms with E-state index in [2.05, 4.69) is 18.7 Å². The van der Waals surface area contributed by atoms with E-state index in [1.165, 1.54) is 0 Å². The Morgan fingerprint density at radius 1 is 1.00 bits per heavy atom. The summed E-state index contributed by atoms with van der Waals surface area (Å²) in [6.07, 6.45) is 2.71. The van der Waals surface area contributed by atoms with Crippen molar-refractivity contribution >= 4 is 23.4 Å². The van der Waals surface area contributed by atoms with E-state index < -0.39 is 0 Å². The van der Waals surface area contributed by atoms with Gasteiger partial charge in [0.2, 0.25) is 17.7 Å². The molecule has 0 aliphatic carbocycles. The van der Waals surface area contributed by atoms with E-state index >= 15 is 0 Å². The molecule has 0 spiro atoms. The van der Waals surface area contributed by atoms with Crippen LogP contribution in [0.3, 0.4) is 0 Å². The summed E-state index contributed by atoms with van der Waals surface area (Å²) in [6, 6.07) is 7.91. The van der Waals surface area contributed by atoms with Crippen LogP contribution in [0, 0.1) is 5.92 Å². The largest absolute Gasteiger partial charge is 0.342 e. The average Bonchev–Trinajstić information content (AvgIpc) is 3.15. The summed E-state index contributed by atoms with van der Waals surface area (Å²) in [7, 11) is 0. The molecular formula is C25H38N4O3. The van der Waals surface area contributed by atoms with Gasteiger partial charge in [-0.25, -0.2) is 0 Å². The molecule has 7 heteroatoms. The summed E-state index contributed by atoms with van der Waals surface area (Å²) >= 11 is 0. The van der Waals surface area contributed by atoms with Crippen molar-refractivity contribution in [3.8, 4) is 0 Å². The molecule has 0 N–H and O–H groups in total. The number of hydrogen-bond donors (Lipinski definition) is 0. The monoisotopic (exact) mass is 442 g/mol. The number of para-hydroxylation sites is 1. The maximum Gasteiger partial charge on any atom is 0.224 e. The van der Waals surface area contributed by atoms with Gasteiger partial charge in [0.15, 0.2) is 0 Å². The first-order chi connectivity index (χ1) is 15.3. The molecule has 7 nitrogen and oxygen atoms in total. The van der Waals surface area contributed by atoms with Crippen LogP contribution in [-0.2, 0) is 20.9 Å². The predicted octanol–water partition coefficient (Wildman–Crippen LogP) is 2.74. The number of fused-ring (bicyclic) bond motifs is 1. The number of anilines is 1. The number of rotatable bonds is 5. The second kappa shape index (κ2) is 11.5. The number of benzene rings is 1. The van der Waals surface area contributed by atoms with Gasteiger partial charge in [0, 0.05) is 71.3 Å². The minimum Gasteiger partial charge on any atom is -0.342 e. The maximum atomic E-state index is 13.3. The molecule has 1 aromatic carbocycles. The van der Waals surface area contributed by atoms with E-state index in [0.29, 0.717) is 44.9 Å². The molecule has 0 radical (unpaired) electrons. The van der Waals surface area contributed by atoms with Gasteiger partial charge in [0.05, 0.1) is 0 Å². The van der Waals surface area contributed by atoms with Crippen molar-refractivity contribution in [2.45, 2.75) is 53.0 Å². The molecule has 2 aliphatic rings. The van der Waals surface area contributed by atoms with Crippen LogP contribution in [0.2, 0.25) is 0 Å². The molecular weight excluding hydrogens is 404 g/mol. The minimum absolute atomic E-state index is 0.0255. The van der Waals surface area contributed by atoms with Gasteiger partial charge < -0.3 is 19.6 Å². The molecule has 1 fully saturated rings. The molecule has 0 saturated carbocycles. The lowest BCUT2D eigenvalue weighted by Crippen LogP contribution is -2.41. The SMILES string of the molecule is CC(=O)N1CCCN(CC(C)C)CCN(C(=O)CCN2CCCC2=O)Cc2ccccc21. The van der Waals surface area contributed by atoms with Gasteiger partial charge in [-0.05, 0) is 36.9 Å². The van der Waals surface area contributed by atoms with E-state index in [1.54, 1.807) is 11.8 Å². The lowest BCUT2D eigenvalue weighted by molar-refractivity contribution is -0.133. The second-order valence-electron chi connectivity index (χ2n) is 9.40. The number of carbonyl (C=O) groups is 3. The van der Waals surface area contributed by atoms with Gasteiger partial charge >= 0.3 is 0 Å². The molecule has 3 rings (SSSR count). The molecule has 1 aromatic rings. The Kier molecular flexibility index (Phi) is 8.67. The summed E-state index contributed by atoms with van der Waals surface area (Å²) in [4.78, 5) is 45.6. The second-order valence-corrected chi connectivity index (χ2v) is 9.40. The Morgan fingerprint density at radius 2 is 1.78 bits per heavy atom. The van der Waals surface area contributed by atoms with Crippen LogP contribution < -0.4 is 4.90 Å². The summed E-state index contributed by atoms with van der Waals surface area (Å²) in [6.45, 7) is 11.7. The summed E-state index contributed by atoms with van der Waals surface area (Å²) in [5.74, 6) is 0.780. The van der Waals surface area contributed by atoms with E-state index in [-0.39, 0.29) is 17.7 Å². The van der Waals surface area contributed by atoms with Crippen LogP contribution in [0.25, 0.3) is 0 Å². The van der Waals surface area contributed by atoms with Gasteiger partial charge in [0.25, 0.3) is 0 Å². The van der Waals surface area contributed by atoms with Gasteiger partial charge in [0.1, 0.15) is 0 Å². The van der Waals surface area contributed by atoms with Crippen LogP contribution >= 0.6 is 0 Å². The molecule has 0 unspecified atom stereocenters. The highest BCUT2D eigenvalue weighted by molar-refractivity contribution is 5.92. The van der Waals surface area contributed by atoms with Crippen LogP contribution in [0.15, 0.2) is 24.3 Å². The quantitative estimate of drug-likeness (QED) is 0.703. The molecule has 3 amide bonds. The fourth-order valence-electron chi connectivity index (χ4n) is 4.71. The first-order valence-corrected chi connectivity index (χ1v) is 12.0. The van der Waals surface area contributed by atoms with E-state index in [9.17, 15) is 14.4 Å². The molecule has 2 aliphatic heterocycles. The first-order valence-electron chi connectivity index (χ1n) is 12.0. The standard InChI is InChI=1S/C25H38N4O3/c1-20(2)18-26-12-7-14-29(21(3)30)23-9-5-4-8-22(23)19-28(17-16-26)25(32)11-15-27-13-6-10-24(27)31/h4-5,8-9,20H,6-7,10-19H2,1-3H3. The average molecular weight is 443 g/mol. The zero-order valence-corrected chi connectivity index (χ0v) is 19.9. The molecule has 0 bridgehead atoms. The number of nitrogens with zero attached hydrogens (tertiary/aromatic N) is 4. The Labute approximate surface area is 192 Å².